The maximum Gasteiger partial charge on any atom is 0.335 e. The van der Waals surface area contributed by atoms with Gasteiger partial charge >= 0.3 is 5.97 Å². The van der Waals surface area contributed by atoms with Gasteiger partial charge in [0, 0.05) is 4.90 Å². The molecule has 0 amide bonds. The van der Waals surface area contributed by atoms with E-state index >= 15 is 0 Å². The highest BCUT2D eigenvalue weighted by atomic mass is 32.1. The van der Waals surface area contributed by atoms with E-state index in [2.05, 4.69) is 12.6 Å². The summed E-state index contributed by atoms with van der Waals surface area (Å²) in [6.45, 7) is 0.212. The molecule has 0 atom stereocenters. The van der Waals surface area contributed by atoms with Gasteiger partial charge in [-0.05, 0) is 53.1 Å². The molecule has 0 radical (unpaired) electrons. The average Bonchev–Trinajstić information content (AvgIpc) is 2.64. The lowest BCUT2D eigenvalue weighted by atomic mass is 10.1. The van der Waals surface area contributed by atoms with Crippen LogP contribution in [0.1, 0.15) is 15.9 Å². The van der Waals surface area contributed by atoms with Crippen LogP contribution in [0.5, 0.6) is 5.75 Å². The van der Waals surface area contributed by atoms with E-state index in [-0.39, 0.29) is 12.2 Å². The number of hydrogen-bond acceptors (Lipinski definition) is 3. The van der Waals surface area contributed by atoms with E-state index in [0.29, 0.717) is 21.8 Å². The van der Waals surface area contributed by atoms with E-state index in [4.69, 9.17) is 9.84 Å². The van der Waals surface area contributed by atoms with Gasteiger partial charge in [0.2, 0.25) is 0 Å². The van der Waals surface area contributed by atoms with E-state index in [9.17, 15) is 13.6 Å². The minimum Gasteiger partial charge on any atom is -0.489 e. The van der Waals surface area contributed by atoms with Gasteiger partial charge in [-0.3, -0.25) is 0 Å². The second-order valence-corrected chi connectivity index (χ2v) is 6.08. The Morgan fingerprint density at radius 3 is 2.38 bits per heavy atom. The summed E-state index contributed by atoms with van der Waals surface area (Å²) in [4.78, 5) is 11.3. The maximum absolute atomic E-state index is 13.4. The predicted octanol–water partition coefficient (Wildman–Crippen LogP) is 5.20. The van der Waals surface area contributed by atoms with Gasteiger partial charge < -0.3 is 9.84 Å². The Morgan fingerprint density at radius 1 is 1.00 bits per heavy atom. The lowest BCUT2D eigenvalue weighted by Gasteiger charge is -2.10. The first-order valence-corrected chi connectivity index (χ1v) is 8.12. The quantitative estimate of drug-likeness (QED) is 0.605. The number of hydrogen-bond donors (Lipinski definition) is 2. The van der Waals surface area contributed by atoms with Crippen molar-refractivity contribution in [3.05, 3.63) is 83.4 Å². The SMILES string of the molecule is O=C(O)c1cccc(COc2ccc(-c3cc(F)c(F)cc3S)cc2)c1. The van der Waals surface area contributed by atoms with Crippen molar-refractivity contribution in [3.63, 3.8) is 0 Å². The van der Waals surface area contributed by atoms with E-state index in [1.165, 1.54) is 6.07 Å². The summed E-state index contributed by atoms with van der Waals surface area (Å²) in [6.07, 6.45) is 0. The standard InChI is InChI=1S/C20H14F2O3S/c21-17-9-16(19(26)10-18(17)22)13-4-6-15(7-5-13)25-11-12-2-1-3-14(8-12)20(23)24/h1-10,26H,11H2,(H,23,24). The van der Waals surface area contributed by atoms with Crippen LogP contribution in [0.3, 0.4) is 0 Å². The summed E-state index contributed by atoms with van der Waals surface area (Å²) >= 11 is 4.18. The predicted molar refractivity (Wildman–Crippen MR) is 96.8 cm³/mol. The van der Waals surface area contributed by atoms with Crippen LogP contribution >= 0.6 is 12.6 Å². The van der Waals surface area contributed by atoms with Crippen LogP contribution in [0.15, 0.2) is 65.6 Å². The molecule has 0 heterocycles. The van der Waals surface area contributed by atoms with Crippen molar-refractivity contribution >= 4 is 18.6 Å². The number of carboxylic acid groups (broad SMARTS) is 1. The molecule has 3 nitrogen and oxygen atoms in total. The third-order valence-corrected chi connectivity index (χ3v) is 4.15. The molecule has 0 spiro atoms. The topological polar surface area (TPSA) is 46.5 Å². The molecule has 0 aliphatic rings. The molecule has 0 unspecified atom stereocenters. The Bertz CT molecular complexity index is 956. The van der Waals surface area contributed by atoms with E-state index in [1.54, 1.807) is 42.5 Å². The first-order valence-electron chi connectivity index (χ1n) is 7.67. The number of thiol groups is 1. The zero-order valence-electron chi connectivity index (χ0n) is 13.4. The molecule has 0 bridgehead atoms. The van der Waals surface area contributed by atoms with E-state index < -0.39 is 17.6 Å². The zero-order valence-corrected chi connectivity index (χ0v) is 14.3. The number of carbonyl (C=O) groups is 1. The molecule has 3 aromatic rings. The summed E-state index contributed by atoms with van der Waals surface area (Å²) in [5.74, 6) is -2.30. The van der Waals surface area contributed by atoms with Gasteiger partial charge in [-0.25, -0.2) is 13.6 Å². The second kappa shape index (κ2) is 7.58. The zero-order chi connectivity index (χ0) is 18.7. The average molecular weight is 372 g/mol. The molecule has 0 aliphatic heterocycles. The van der Waals surface area contributed by atoms with Crippen molar-refractivity contribution in [2.75, 3.05) is 0 Å². The van der Waals surface area contributed by atoms with Crippen LogP contribution in [0.4, 0.5) is 8.78 Å². The summed E-state index contributed by atoms with van der Waals surface area (Å²) in [6, 6.07) is 15.5. The molecular weight excluding hydrogens is 358 g/mol. The van der Waals surface area contributed by atoms with Gasteiger partial charge in [0.15, 0.2) is 11.6 Å². The number of halogens is 2. The van der Waals surface area contributed by atoms with Crippen LogP contribution in [0, 0.1) is 11.6 Å². The Kier molecular flexibility index (Phi) is 5.23. The Morgan fingerprint density at radius 2 is 1.69 bits per heavy atom. The van der Waals surface area contributed by atoms with Crippen molar-refractivity contribution in [1.29, 1.82) is 0 Å². The highest BCUT2D eigenvalue weighted by molar-refractivity contribution is 7.80. The third-order valence-electron chi connectivity index (χ3n) is 3.78. The van der Waals surface area contributed by atoms with Crippen molar-refractivity contribution < 1.29 is 23.4 Å². The highest BCUT2D eigenvalue weighted by Gasteiger charge is 2.10. The second-order valence-electron chi connectivity index (χ2n) is 5.60. The first-order chi connectivity index (χ1) is 12.4. The first kappa shape index (κ1) is 17.9. The van der Waals surface area contributed by atoms with E-state index in [0.717, 1.165) is 17.7 Å². The monoisotopic (exact) mass is 372 g/mol. The van der Waals surface area contributed by atoms with E-state index in [1.807, 2.05) is 0 Å². The fourth-order valence-corrected chi connectivity index (χ4v) is 2.77. The molecule has 26 heavy (non-hydrogen) atoms. The van der Waals surface area contributed by atoms with Crippen molar-refractivity contribution in [3.8, 4) is 16.9 Å². The summed E-state index contributed by atoms with van der Waals surface area (Å²) < 4.78 is 32.3. The van der Waals surface area contributed by atoms with Crippen LogP contribution < -0.4 is 4.74 Å². The van der Waals surface area contributed by atoms with Gasteiger partial charge in [0.25, 0.3) is 0 Å². The highest BCUT2D eigenvalue weighted by Crippen LogP contribution is 2.30. The summed E-state index contributed by atoms with van der Waals surface area (Å²) in [5, 5.41) is 9.00. The van der Waals surface area contributed by atoms with Crippen molar-refractivity contribution in [1.82, 2.24) is 0 Å². The number of carboxylic acids is 1. The van der Waals surface area contributed by atoms with Crippen molar-refractivity contribution in [2.45, 2.75) is 11.5 Å². The molecule has 0 aromatic heterocycles. The number of rotatable bonds is 5. The molecule has 132 valence electrons. The van der Waals surface area contributed by atoms with Crippen molar-refractivity contribution in [2.24, 2.45) is 0 Å². The number of benzene rings is 3. The molecule has 6 heteroatoms. The molecule has 0 saturated carbocycles. The van der Waals surface area contributed by atoms with Gasteiger partial charge in [0.05, 0.1) is 5.56 Å². The number of aromatic carboxylic acids is 1. The summed E-state index contributed by atoms with van der Waals surface area (Å²) in [5.41, 5.74) is 2.08. The maximum atomic E-state index is 13.4. The third kappa shape index (κ3) is 4.03. The van der Waals surface area contributed by atoms with Crippen LogP contribution in [-0.2, 0) is 6.61 Å². The molecule has 3 aromatic carbocycles. The fraction of sp³-hybridized carbons (Fsp3) is 0.0500. The lowest BCUT2D eigenvalue weighted by molar-refractivity contribution is 0.0696. The molecular formula is C20H14F2O3S. The molecule has 0 saturated heterocycles. The molecule has 0 fully saturated rings. The van der Waals surface area contributed by atoms with Crippen LogP contribution in [0.25, 0.3) is 11.1 Å². The fourth-order valence-electron chi connectivity index (χ4n) is 2.46. The van der Waals surface area contributed by atoms with Gasteiger partial charge in [-0.2, -0.15) is 0 Å². The lowest BCUT2D eigenvalue weighted by Crippen LogP contribution is -2.00. The van der Waals surface area contributed by atoms with Gasteiger partial charge in [-0.1, -0.05) is 24.3 Å². The molecule has 1 N–H and O–H groups in total. The molecule has 0 aliphatic carbocycles. The minimum atomic E-state index is -0.995. The smallest absolute Gasteiger partial charge is 0.335 e. The Balaban J connectivity index is 1.73. The normalized spacial score (nSPS) is 10.6. The largest absolute Gasteiger partial charge is 0.489 e. The van der Waals surface area contributed by atoms with Gasteiger partial charge in [0.1, 0.15) is 12.4 Å². The van der Waals surface area contributed by atoms with Crippen LogP contribution in [-0.4, -0.2) is 11.1 Å². The van der Waals surface area contributed by atoms with Gasteiger partial charge in [-0.15, -0.1) is 12.6 Å². The minimum absolute atomic E-state index is 0.195. The number of ether oxygens (including phenoxy) is 1. The van der Waals surface area contributed by atoms with Crippen LogP contribution in [0.2, 0.25) is 0 Å². The Labute approximate surface area is 154 Å². The molecule has 3 rings (SSSR count). The Hall–Kier alpha value is -2.86. The summed E-state index contributed by atoms with van der Waals surface area (Å²) in [7, 11) is 0.